The molecule has 1 aromatic rings. The zero-order valence-corrected chi connectivity index (χ0v) is 19.7. The first kappa shape index (κ1) is 22.7. The summed E-state index contributed by atoms with van der Waals surface area (Å²) in [5.41, 5.74) is 0.745. The highest BCUT2D eigenvalue weighted by Gasteiger charge is 2.29. The highest BCUT2D eigenvalue weighted by atomic mass is 32.2. The Hall–Kier alpha value is -1.53. The van der Waals surface area contributed by atoms with Crippen molar-refractivity contribution < 1.29 is 9.59 Å². The molecule has 4 rings (SSSR count). The van der Waals surface area contributed by atoms with Gasteiger partial charge in [0.05, 0.1) is 11.3 Å². The summed E-state index contributed by atoms with van der Waals surface area (Å²) in [6.07, 6.45) is 11.3. The molecule has 170 valence electrons. The maximum absolute atomic E-state index is 13.3. The zero-order valence-electron chi connectivity index (χ0n) is 18.9. The van der Waals surface area contributed by atoms with Crippen molar-refractivity contribution in [3.8, 4) is 0 Å². The summed E-state index contributed by atoms with van der Waals surface area (Å²) in [5, 5.41) is 0. The maximum Gasteiger partial charge on any atom is 0.255 e. The van der Waals surface area contributed by atoms with Crippen LogP contribution in [0, 0.1) is 0 Å². The standard InChI is InChI=1S/C25H37N3O2S/c1-26(20-9-3-2-4-10-20)24(29)19-31-23-14-8-7-13-22(23)25(30)28-17-15-27(16-18-28)21-11-5-6-12-21/h7-8,13-14,20-21H,2-6,9-12,15-19H2,1H3. The van der Waals surface area contributed by atoms with Crippen LogP contribution in [0.15, 0.2) is 29.2 Å². The first-order valence-corrected chi connectivity index (χ1v) is 13.1. The third-order valence-corrected chi connectivity index (χ3v) is 8.49. The van der Waals surface area contributed by atoms with Gasteiger partial charge in [-0.3, -0.25) is 14.5 Å². The molecule has 1 aromatic carbocycles. The van der Waals surface area contributed by atoms with E-state index in [4.69, 9.17) is 0 Å². The van der Waals surface area contributed by atoms with Crippen molar-refractivity contribution in [3.05, 3.63) is 29.8 Å². The number of benzene rings is 1. The van der Waals surface area contributed by atoms with Crippen LogP contribution in [0.5, 0.6) is 0 Å². The van der Waals surface area contributed by atoms with Crippen LogP contribution in [0.4, 0.5) is 0 Å². The molecule has 0 atom stereocenters. The van der Waals surface area contributed by atoms with Crippen LogP contribution in [0.3, 0.4) is 0 Å². The normalized spacial score (nSPS) is 21.4. The monoisotopic (exact) mass is 443 g/mol. The number of piperazine rings is 1. The second-order valence-corrected chi connectivity index (χ2v) is 10.4. The highest BCUT2D eigenvalue weighted by Crippen LogP contribution is 2.28. The Morgan fingerprint density at radius 2 is 1.58 bits per heavy atom. The van der Waals surface area contributed by atoms with Gasteiger partial charge in [0.1, 0.15) is 0 Å². The van der Waals surface area contributed by atoms with Crippen molar-refractivity contribution in [1.29, 1.82) is 0 Å². The molecule has 0 N–H and O–H groups in total. The Labute approximate surface area is 191 Å². The first-order chi connectivity index (χ1) is 15.1. The van der Waals surface area contributed by atoms with Gasteiger partial charge in [-0.2, -0.15) is 0 Å². The van der Waals surface area contributed by atoms with Crippen molar-refractivity contribution in [2.45, 2.75) is 74.8 Å². The van der Waals surface area contributed by atoms with Crippen LogP contribution in [-0.2, 0) is 4.79 Å². The number of carbonyl (C=O) groups excluding carboxylic acids is 2. The quantitative estimate of drug-likeness (QED) is 0.616. The molecule has 0 aromatic heterocycles. The van der Waals surface area contributed by atoms with Crippen LogP contribution in [0.25, 0.3) is 0 Å². The smallest absolute Gasteiger partial charge is 0.255 e. The minimum absolute atomic E-state index is 0.113. The fourth-order valence-corrected chi connectivity index (χ4v) is 6.38. The van der Waals surface area contributed by atoms with Crippen LogP contribution < -0.4 is 0 Å². The number of rotatable bonds is 6. The van der Waals surface area contributed by atoms with Crippen molar-refractivity contribution in [2.24, 2.45) is 0 Å². The molecule has 3 aliphatic rings. The fourth-order valence-electron chi connectivity index (χ4n) is 5.41. The van der Waals surface area contributed by atoms with E-state index >= 15 is 0 Å². The van der Waals surface area contributed by atoms with Crippen LogP contribution in [-0.4, -0.2) is 77.6 Å². The summed E-state index contributed by atoms with van der Waals surface area (Å²) >= 11 is 1.51. The van der Waals surface area contributed by atoms with E-state index < -0.39 is 0 Å². The summed E-state index contributed by atoms with van der Waals surface area (Å²) in [4.78, 5) is 33.5. The van der Waals surface area contributed by atoms with Crippen LogP contribution >= 0.6 is 11.8 Å². The second kappa shape index (κ2) is 10.9. The third kappa shape index (κ3) is 5.64. The van der Waals surface area contributed by atoms with Gasteiger partial charge in [-0.15, -0.1) is 11.8 Å². The Kier molecular flexibility index (Phi) is 7.94. The van der Waals surface area contributed by atoms with E-state index in [1.807, 2.05) is 41.1 Å². The Bertz CT molecular complexity index is 751. The van der Waals surface area contributed by atoms with E-state index in [0.717, 1.165) is 55.5 Å². The largest absolute Gasteiger partial charge is 0.342 e. The van der Waals surface area contributed by atoms with Gasteiger partial charge >= 0.3 is 0 Å². The average Bonchev–Trinajstić information content (AvgIpc) is 3.37. The Morgan fingerprint density at radius 1 is 0.935 bits per heavy atom. The molecule has 2 saturated carbocycles. The summed E-state index contributed by atoms with van der Waals surface area (Å²) in [5.74, 6) is 0.679. The molecule has 1 heterocycles. The molecule has 1 aliphatic heterocycles. The van der Waals surface area contributed by atoms with E-state index in [0.29, 0.717) is 11.8 Å². The van der Waals surface area contributed by atoms with Gasteiger partial charge in [0.25, 0.3) is 5.91 Å². The lowest BCUT2D eigenvalue weighted by Gasteiger charge is -2.38. The molecule has 3 fully saturated rings. The van der Waals surface area contributed by atoms with Crippen molar-refractivity contribution >= 4 is 23.6 Å². The third-order valence-electron chi connectivity index (χ3n) is 7.43. The van der Waals surface area contributed by atoms with Crippen molar-refractivity contribution in [2.75, 3.05) is 39.0 Å². The lowest BCUT2D eigenvalue weighted by atomic mass is 9.94. The van der Waals surface area contributed by atoms with Gasteiger partial charge in [0.2, 0.25) is 5.91 Å². The number of carbonyl (C=O) groups is 2. The van der Waals surface area contributed by atoms with E-state index in [-0.39, 0.29) is 11.8 Å². The predicted octanol–water partition coefficient (Wildman–Crippen LogP) is 4.27. The van der Waals surface area contributed by atoms with Gasteiger partial charge in [-0.1, -0.05) is 44.2 Å². The minimum Gasteiger partial charge on any atom is -0.342 e. The molecular formula is C25H37N3O2S. The SMILES string of the molecule is CN(C(=O)CSc1ccccc1C(=O)N1CCN(C2CCCC2)CC1)C1CCCCC1. The predicted molar refractivity (Wildman–Crippen MR) is 127 cm³/mol. The molecule has 6 heteroatoms. The number of thioether (sulfide) groups is 1. The van der Waals surface area contributed by atoms with Gasteiger partial charge in [-0.25, -0.2) is 0 Å². The molecule has 0 radical (unpaired) electrons. The molecule has 5 nitrogen and oxygen atoms in total. The van der Waals surface area contributed by atoms with Gasteiger partial charge < -0.3 is 9.80 Å². The molecule has 0 unspecified atom stereocenters. The molecule has 2 amide bonds. The topological polar surface area (TPSA) is 43.9 Å². The van der Waals surface area contributed by atoms with Crippen molar-refractivity contribution in [3.63, 3.8) is 0 Å². The lowest BCUT2D eigenvalue weighted by molar-refractivity contribution is -0.129. The molecule has 2 aliphatic carbocycles. The number of amides is 2. The summed E-state index contributed by atoms with van der Waals surface area (Å²) in [7, 11) is 1.94. The van der Waals surface area contributed by atoms with Gasteiger partial charge in [0, 0.05) is 50.2 Å². The Morgan fingerprint density at radius 3 is 2.29 bits per heavy atom. The average molecular weight is 444 g/mol. The van der Waals surface area contributed by atoms with Crippen LogP contribution in [0.1, 0.15) is 68.1 Å². The van der Waals surface area contributed by atoms with E-state index in [1.165, 1.54) is 56.7 Å². The number of hydrogen-bond donors (Lipinski definition) is 0. The van der Waals surface area contributed by atoms with Gasteiger partial charge in [-0.05, 0) is 37.8 Å². The zero-order chi connectivity index (χ0) is 21.6. The maximum atomic E-state index is 13.3. The number of hydrogen-bond acceptors (Lipinski definition) is 4. The van der Waals surface area contributed by atoms with Gasteiger partial charge in [0.15, 0.2) is 0 Å². The Balaban J connectivity index is 1.32. The van der Waals surface area contributed by atoms with Crippen LogP contribution in [0.2, 0.25) is 0 Å². The molecule has 0 spiro atoms. The molecule has 0 bridgehead atoms. The molecular weight excluding hydrogens is 406 g/mol. The minimum atomic E-state index is 0.113. The molecule has 31 heavy (non-hydrogen) atoms. The summed E-state index contributed by atoms with van der Waals surface area (Å²) in [6.45, 7) is 3.57. The van der Waals surface area contributed by atoms with E-state index in [9.17, 15) is 9.59 Å². The summed E-state index contributed by atoms with van der Waals surface area (Å²) < 4.78 is 0. The lowest BCUT2D eigenvalue weighted by Crippen LogP contribution is -2.51. The first-order valence-electron chi connectivity index (χ1n) is 12.1. The second-order valence-electron chi connectivity index (χ2n) is 9.35. The molecule has 1 saturated heterocycles. The van der Waals surface area contributed by atoms with E-state index in [2.05, 4.69) is 4.90 Å². The van der Waals surface area contributed by atoms with Crippen molar-refractivity contribution in [1.82, 2.24) is 14.7 Å². The van der Waals surface area contributed by atoms with E-state index in [1.54, 1.807) is 0 Å². The fraction of sp³-hybridized carbons (Fsp3) is 0.680. The summed E-state index contributed by atoms with van der Waals surface area (Å²) in [6, 6.07) is 8.92. The highest BCUT2D eigenvalue weighted by molar-refractivity contribution is 8.00. The number of nitrogens with zero attached hydrogens (tertiary/aromatic N) is 3.